The molecular formula is C18H17ClO4. The number of carbonyl (C=O) groups is 1. The lowest BCUT2D eigenvalue weighted by Crippen LogP contribution is -2.18. The van der Waals surface area contributed by atoms with Crippen LogP contribution in [-0.4, -0.2) is 20.2 Å². The van der Waals surface area contributed by atoms with Crippen molar-refractivity contribution in [3.63, 3.8) is 0 Å². The molecule has 0 saturated carbocycles. The predicted molar refractivity (Wildman–Crippen MR) is 87.5 cm³/mol. The molecule has 1 atom stereocenters. The molecule has 2 aromatic rings. The summed E-state index contributed by atoms with van der Waals surface area (Å²) in [5, 5.41) is 0.591. The molecule has 2 aromatic carbocycles. The van der Waals surface area contributed by atoms with Crippen LogP contribution in [0.1, 0.15) is 34.0 Å². The summed E-state index contributed by atoms with van der Waals surface area (Å²) in [5.74, 6) is 0.885. The standard InChI is InChI=1S/C18H17ClO4/c1-21-12-7-8-13(15(19)10-12)16-9-6-11-4-3-5-14(17(11)23-16)18(20)22-2/h3-5,7-8,10,16H,6,9H2,1-2H3. The highest BCUT2D eigenvalue weighted by Crippen LogP contribution is 2.40. The van der Waals surface area contributed by atoms with Gasteiger partial charge in [-0.15, -0.1) is 0 Å². The van der Waals surface area contributed by atoms with Crippen LogP contribution in [0.15, 0.2) is 36.4 Å². The maximum Gasteiger partial charge on any atom is 0.341 e. The largest absolute Gasteiger partial charge is 0.497 e. The Morgan fingerprint density at radius 3 is 2.78 bits per heavy atom. The third-order valence-electron chi connectivity index (χ3n) is 3.99. The van der Waals surface area contributed by atoms with Gasteiger partial charge < -0.3 is 14.2 Å². The minimum absolute atomic E-state index is 0.202. The zero-order valence-electron chi connectivity index (χ0n) is 13.0. The number of hydrogen-bond acceptors (Lipinski definition) is 4. The molecule has 1 aliphatic rings. The highest BCUT2D eigenvalue weighted by Gasteiger charge is 2.27. The van der Waals surface area contributed by atoms with Gasteiger partial charge in [0, 0.05) is 5.56 Å². The zero-order valence-corrected chi connectivity index (χ0v) is 13.7. The Bertz CT molecular complexity index is 742. The summed E-state index contributed by atoms with van der Waals surface area (Å²) in [4.78, 5) is 11.9. The van der Waals surface area contributed by atoms with E-state index in [0.717, 1.165) is 24.0 Å². The van der Waals surface area contributed by atoms with Gasteiger partial charge >= 0.3 is 5.97 Å². The van der Waals surface area contributed by atoms with Crippen molar-refractivity contribution < 1.29 is 19.0 Å². The maximum atomic E-state index is 11.9. The summed E-state index contributed by atoms with van der Waals surface area (Å²) < 4.78 is 16.1. The van der Waals surface area contributed by atoms with Crippen molar-refractivity contribution in [1.82, 2.24) is 0 Å². The molecule has 1 aliphatic heterocycles. The number of para-hydroxylation sites is 1. The second kappa shape index (κ2) is 6.50. The van der Waals surface area contributed by atoms with E-state index in [0.29, 0.717) is 22.1 Å². The second-order valence-corrected chi connectivity index (χ2v) is 5.73. The fourth-order valence-corrected chi connectivity index (χ4v) is 3.09. The van der Waals surface area contributed by atoms with Crippen LogP contribution >= 0.6 is 11.6 Å². The molecule has 0 saturated heterocycles. The SMILES string of the molecule is COC(=O)c1cccc2c1OC(c1ccc(OC)cc1Cl)CC2. The highest BCUT2D eigenvalue weighted by molar-refractivity contribution is 6.31. The van der Waals surface area contributed by atoms with E-state index >= 15 is 0 Å². The number of carbonyl (C=O) groups excluding carboxylic acids is 1. The molecule has 4 nitrogen and oxygen atoms in total. The van der Waals surface area contributed by atoms with E-state index in [4.69, 9.17) is 25.8 Å². The molecule has 0 fully saturated rings. The topological polar surface area (TPSA) is 44.8 Å². The third-order valence-corrected chi connectivity index (χ3v) is 4.32. The minimum Gasteiger partial charge on any atom is -0.497 e. The monoisotopic (exact) mass is 332 g/mol. The van der Waals surface area contributed by atoms with Gasteiger partial charge in [-0.1, -0.05) is 29.8 Å². The predicted octanol–water partition coefficient (Wildman–Crippen LogP) is 4.20. The number of aryl methyl sites for hydroxylation is 1. The van der Waals surface area contributed by atoms with Gasteiger partial charge in [0.1, 0.15) is 23.2 Å². The lowest BCUT2D eigenvalue weighted by molar-refractivity contribution is 0.0590. The fraction of sp³-hybridized carbons (Fsp3) is 0.278. The van der Waals surface area contributed by atoms with Crippen LogP contribution in [0.3, 0.4) is 0 Å². The van der Waals surface area contributed by atoms with Crippen LogP contribution in [0.2, 0.25) is 5.02 Å². The van der Waals surface area contributed by atoms with E-state index in [1.54, 1.807) is 19.2 Å². The Morgan fingerprint density at radius 1 is 1.26 bits per heavy atom. The molecule has 0 spiro atoms. The molecule has 0 amide bonds. The van der Waals surface area contributed by atoms with E-state index in [2.05, 4.69) is 0 Å². The fourth-order valence-electron chi connectivity index (χ4n) is 2.79. The Labute approximate surface area is 139 Å². The first-order chi connectivity index (χ1) is 11.1. The minimum atomic E-state index is -0.400. The summed E-state index contributed by atoms with van der Waals surface area (Å²) >= 11 is 6.35. The van der Waals surface area contributed by atoms with Crippen molar-refractivity contribution >= 4 is 17.6 Å². The van der Waals surface area contributed by atoms with Gasteiger partial charge in [-0.3, -0.25) is 0 Å². The number of benzene rings is 2. The number of hydrogen-bond donors (Lipinski definition) is 0. The van der Waals surface area contributed by atoms with Gasteiger partial charge in [-0.2, -0.15) is 0 Å². The molecule has 5 heteroatoms. The number of ether oxygens (including phenoxy) is 3. The normalized spacial score (nSPS) is 16.2. The number of esters is 1. The van der Waals surface area contributed by atoms with E-state index in [9.17, 15) is 4.79 Å². The average Bonchev–Trinajstić information content (AvgIpc) is 2.60. The molecular weight excluding hydrogens is 316 g/mol. The smallest absolute Gasteiger partial charge is 0.341 e. The van der Waals surface area contributed by atoms with Crippen molar-refractivity contribution in [2.75, 3.05) is 14.2 Å². The molecule has 1 heterocycles. The van der Waals surface area contributed by atoms with Gasteiger partial charge in [0.05, 0.1) is 19.2 Å². The number of fused-ring (bicyclic) bond motifs is 1. The average molecular weight is 333 g/mol. The zero-order chi connectivity index (χ0) is 16.4. The molecule has 0 radical (unpaired) electrons. The van der Waals surface area contributed by atoms with Gasteiger partial charge in [0.2, 0.25) is 0 Å². The van der Waals surface area contributed by atoms with Crippen molar-refractivity contribution in [3.8, 4) is 11.5 Å². The molecule has 0 aromatic heterocycles. The summed E-state index contributed by atoms with van der Waals surface area (Å²) in [6, 6.07) is 11.0. The quantitative estimate of drug-likeness (QED) is 0.790. The molecule has 0 N–H and O–H groups in total. The van der Waals surface area contributed by atoms with Crippen molar-refractivity contribution in [2.24, 2.45) is 0 Å². The van der Waals surface area contributed by atoms with E-state index in [-0.39, 0.29) is 6.10 Å². The number of methoxy groups -OCH3 is 2. The van der Waals surface area contributed by atoms with Crippen molar-refractivity contribution in [1.29, 1.82) is 0 Å². The Hall–Kier alpha value is -2.20. The lowest BCUT2D eigenvalue weighted by atomic mass is 9.95. The number of halogens is 1. The summed E-state index contributed by atoms with van der Waals surface area (Å²) in [6.45, 7) is 0. The highest BCUT2D eigenvalue weighted by atomic mass is 35.5. The van der Waals surface area contributed by atoms with Gasteiger partial charge in [-0.25, -0.2) is 4.79 Å². The lowest BCUT2D eigenvalue weighted by Gasteiger charge is -2.28. The van der Waals surface area contributed by atoms with Crippen molar-refractivity contribution in [2.45, 2.75) is 18.9 Å². The Balaban J connectivity index is 1.95. The van der Waals surface area contributed by atoms with Crippen LogP contribution in [-0.2, 0) is 11.2 Å². The summed E-state index contributed by atoms with van der Waals surface area (Å²) in [7, 11) is 2.96. The molecule has 23 heavy (non-hydrogen) atoms. The first-order valence-corrected chi connectivity index (χ1v) is 7.72. The molecule has 0 bridgehead atoms. The number of rotatable bonds is 3. The van der Waals surface area contributed by atoms with Crippen LogP contribution in [0.5, 0.6) is 11.5 Å². The molecule has 120 valence electrons. The Kier molecular flexibility index (Phi) is 4.44. The van der Waals surface area contributed by atoms with Crippen LogP contribution in [0.4, 0.5) is 0 Å². The molecule has 0 aliphatic carbocycles. The first-order valence-electron chi connectivity index (χ1n) is 7.34. The first kappa shape index (κ1) is 15.7. The summed E-state index contributed by atoms with van der Waals surface area (Å²) in [6.07, 6.45) is 1.41. The van der Waals surface area contributed by atoms with Gasteiger partial charge in [0.25, 0.3) is 0 Å². The van der Waals surface area contributed by atoms with E-state index in [1.807, 2.05) is 24.3 Å². The Morgan fingerprint density at radius 2 is 2.09 bits per heavy atom. The van der Waals surface area contributed by atoms with Gasteiger partial charge in [-0.05, 0) is 36.6 Å². The van der Waals surface area contributed by atoms with E-state index < -0.39 is 5.97 Å². The van der Waals surface area contributed by atoms with Crippen LogP contribution < -0.4 is 9.47 Å². The maximum absolute atomic E-state index is 11.9. The van der Waals surface area contributed by atoms with Crippen molar-refractivity contribution in [3.05, 3.63) is 58.1 Å². The van der Waals surface area contributed by atoms with Crippen LogP contribution in [0.25, 0.3) is 0 Å². The molecule has 1 unspecified atom stereocenters. The second-order valence-electron chi connectivity index (χ2n) is 5.32. The third kappa shape index (κ3) is 2.99. The molecule has 3 rings (SSSR count). The summed E-state index contributed by atoms with van der Waals surface area (Å²) in [5.41, 5.74) is 2.34. The van der Waals surface area contributed by atoms with Gasteiger partial charge in [0.15, 0.2) is 0 Å². The van der Waals surface area contributed by atoms with E-state index in [1.165, 1.54) is 7.11 Å². The van der Waals surface area contributed by atoms with Crippen LogP contribution in [0, 0.1) is 0 Å².